The number of aromatic nitrogens is 2. The lowest BCUT2D eigenvalue weighted by atomic mass is 10.5. The first-order valence-electron chi connectivity index (χ1n) is 2.42. The highest BCUT2D eigenvalue weighted by molar-refractivity contribution is 5.51. The Morgan fingerprint density at radius 1 is 1.40 bits per heavy atom. The van der Waals surface area contributed by atoms with Crippen LogP contribution in [0, 0.1) is 0 Å². The molecule has 1 heterocycles. The van der Waals surface area contributed by atoms with Gasteiger partial charge < -0.3 is 4.98 Å². The maximum Gasteiger partial charge on any atom is 0.309 e. The number of nitrogens with zero attached hydrogens (tertiary/aromatic N) is 1. The molecule has 5 heteroatoms. The molecule has 0 spiro atoms. The van der Waals surface area contributed by atoms with Crippen molar-refractivity contribution < 1.29 is 13.2 Å². The minimum atomic E-state index is -2.37. The number of imidazole rings is 1. The highest BCUT2D eigenvalue weighted by Gasteiger charge is 2.09. The fourth-order valence-corrected chi connectivity index (χ4v) is 0.475. The number of hydrogen-bond acceptors (Lipinski definition) is 1. The van der Waals surface area contributed by atoms with E-state index >= 15 is 0 Å². The Hall–Kier alpha value is -1.26. The molecule has 54 valence electrons. The van der Waals surface area contributed by atoms with Gasteiger partial charge in [0.15, 0.2) is 5.82 Å². The molecule has 1 aromatic rings. The average molecular weight is 148 g/mol. The van der Waals surface area contributed by atoms with E-state index in [2.05, 4.69) is 9.97 Å². The van der Waals surface area contributed by atoms with Gasteiger partial charge in [0.05, 0.1) is 0 Å². The maximum absolute atomic E-state index is 12.1. The summed E-state index contributed by atoms with van der Waals surface area (Å²) in [5, 5.41) is 0. The summed E-state index contributed by atoms with van der Waals surface area (Å²) in [4.78, 5) is 5.46. The van der Waals surface area contributed by atoms with Gasteiger partial charge in [0.25, 0.3) is 0 Å². The van der Waals surface area contributed by atoms with Crippen LogP contribution in [0.15, 0.2) is 18.5 Å². The molecule has 0 bridgehead atoms. The van der Waals surface area contributed by atoms with Crippen molar-refractivity contribution in [3.05, 3.63) is 24.3 Å². The van der Waals surface area contributed by atoms with Crippen molar-refractivity contribution >= 4 is 5.83 Å². The summed E-state index contributed by atoms with van der Waals surface area (Å²) in [5.74, 6) is -2.05. The standard InChI is InChI=1S/C5H3F3N2/c6-3(4(7)8)5-9-1-2-10-5/h1-2H,(H,9,10). The highest BCUT2D eigenvalue weighted by Crippen LogP contribution is 2.17. The van der Waals surface area contributed by atoms with Gasteiger partial charge in [-0.15, -0.1) is 0 Å². The fraction of sp³-hybridized carbons (Fsp3) is 0. The minimum Gasteiger partial charge on any atom is -0.343 e. The predicted molar refractivity (Wildman–Crippen MR) is 28.8 cm³/mol. The number of rotatable bonds is 1. The molecule has 0 aliphatic heterocycles. The summed E-state index contributed by atoms with van der Waals surface area (Å²) in [5.41, 5.74) is 0. The lowest BCUT2D eigenvalue weighted by Crippen LogP contribution is -1.80. The molecule has 10 heavy (non-hydrogen) atoms. The summed E-state index contributed by atoms with van der Waals surface area (Å²) in [6, 6.07) is 0. The molecular formula is C5H3F3N2. The lowest BCUT2D eigenvalue weighted by Gasteiger charge is -1.86. The minimum absolute atomic E-state index is 0.444. The van der Waals surface area contributed by atoms with E-state index in [4.69, 9.17) is 0 Å². The van der Waals surface area contributed by atoms with E-state index in [1.165, 1.54) is 12.4 Å². The Morgan fingerprint density at radius 3 is 2.50 bits per heavy atom. The van der Waals surface area contributed by atoms with Crippen LogP contribution in [0.3, 0.4) is 0 Å². The van der Waals surface area contributed by atoms with Crippen molar-refractivity contribution in [1.82, 2.24) is 9.97 Å². The Bertz CT molecular complexity index is 235. The van der Waals surface area contributed by atoms with Gasteiger partial charge in [0, 0.05) is 12.4 Å². The van der Waals surface area contributed by atoms with E-state index in [0.29, 0.717) is 0 Å². The SMILES string of the molecule is FC(F)=C(F)c1ncc[nH]1. The summed E-state index contributed by atoms with van der Waals surface area (Å²) in [6.07, 6.45) is 0.0883. The molecule has 1 rings (SSSR count). The molecule has 0 saturated carbocycles. The Morgan fingerprint density at radius 2 is 2.10 bits per heavy atom. The second-order valence-electron chi connectivity index (χ2n) is 1.51. The van der Waals surface area contributed by atoms with Crippen LogP contribution in [0.1, 0.15) is 5.82 Å². The van der Waals surface area contributed by atoms with Crippen LogP contribution in [0.25, 0.3) is 5.83 Å². The van der Waals surface area contributed by atoms with Crippen LogP contribution < -0.4 is 0 Å². The summed E-state index contributed by atoms with van der Waals surface area (Å²) < 4.78 is 35.0. The van der Waals surface area contributed by atoms with Crippen molar-refractivity contribution in [2.75, 3.05) is 0 Å². The van der Waals surface area contributed by atoms with Gasteiger partial charge in [-0.3, -0.25) is 0 Å². The molecule has 1 aromatic heterocycles. The van der Waals surface area contributed by atoms with Gasteiger partial charge >= 0.3 is 6.08 Å². The molecule has 0 amide bonds. The Kier molecular flexibility index (Phi) is 1.75. The van der Waals surface area contributed by atoms with E-state index in [9.17, 15) is 13.2 Å². The smallest absolute Gasteiger partial charge is 0.309 e. The zero-order valence-electron chi connectivity index (χ0n) is 4.74. The summed E-state index contributed by atoms with van der Waals surface area (Å²) in [7, 11) is 0. The van der Waals surface area contributed by atoms with Crippen LogP contribution in [-0.4, -0.2) is 9.97 Å². The highest BCUT2D eigenvalue weighted by atomic mass is 19.3. The zero-order chi connectivity index (χ0) is 7.56. The van der Waals surface area contributed by atoms with Crippen molar-refractivity contribution in [3.63, 3.8) is 0 Å². The monoisotopic (exact) mass is 148 g/mol. The van der Waals surface area contributed by atoms with Crippen LogP contribution in [0.4, 0.5) is 13.2 Å². The van der Waals surface area contributed by atoms with Gasteiger partial charge in [-0.1, -0.05) is 0 Å². The number of halogens is 3. The summed E-state index contributed by atoms with van der Waals surface area (Å²) >= 11 is 0. The van der Waals surface area contributed by atoms with Crippen molar-refractivity contribution in [3.8, 4) is 0 Å². The van der Waals surface area contributed by atoms with Crippen LogP contribution in [0.2, 0.25) is 0 Å². The van der Waals surface area contributed by atoms with Gasteiger partial charge in [0.1, 0.15) is 0 Å². The van der Waals surface area contributed by atoms with Crippen molar-refractivity contribution in [2.45, 2.75) is 0 Å². The average Bonchev–Trinajstić information content (AvgIpc) is 2.36. The molecular weight excluding hydrogens is 145 g/mol. The lowest BCUT2D eigenvalue weighted by molar-refractivity contribution is 0.409. The first-order chi connectivity index (χ1) is 4.72. The van der Waals surface area contributed by atoms with E-state index in [-0.39, 0.29) is 0 Å². The molecule has 0 saturated heterocycles. The fourth-order valence-electron chi connectivity index (χ4n) is 0.475. The van der Waals surface area contributed by atoms with Gasteiger partial charge in [-0.05, 0) is 0 Å². The van der Waals surface area contributed by atoms with Crippen molar-refractivity contribution in [1.29, 1.82) is 0 Å². The molecule has 0 aromatic carbocycles. The van der Waals surface area contributed by atoms with E-state index in [1.807, 2.05) is 0 Å². The number of H-pyrrole nitrogens is 1. The van der Waals surface area contributed by atoms with Crippen LogP contribution >= 0.6 is 0 Å². The molecule has 0 aliphatic carbocycles. The third-order valence-electron chi connectivity index (χ3n) is 0.872. The molecule has 2 nitrogen and oxygen atoms in total. The van der Waals surface area contributed by atoms with Gasteiger partial charge in [0.2, 0.25) is 5.83 Å². The number of hydrogen-bond donors (Lipinski definition) is 1. The third-order valence-corrected chi connectivity index (χ3v) is 0.872. The predicted octanol–water partition coefficient (Wildman–Crippen LogP) is 1.94. The van der Waals surface area contributed by atoms with Crippen LogP contribution in [0.5, 0.6) is 0 Å². The first kappa shape index (κ1) is 6.85. The third kappa shape index (κ3) is 1.18. The molecule has 1 N–H and O–H groups in total. The Labute approximate surface area is 54.4 Å². The molecule has 0 atom stereocenters. The summed E-state index contributed by atoms with van der Waals surface area (Å²) in [6.45, 7) is 0. The topological polar surface area (TPSA) is 28.7 Å². The molecule has 0 unspecified atom stereocenters. The quantitative estimate of drug-likeness (QED) is 0.647. The van der Waals surface area contributed by atoms with Crippen LogP contribution in [-0.2, 0) is 0 Å². The second kappa shape index (κ2) is 2.55. The number of aromatic amines is 1. The normalized spacial score (nSPS) is 9.50. The van der Waals surface area contributed by atoms with E-state index in [1.54, 1.807) is 0 Å². The number of nitrogens with one attached hydrogen (secondary N) is 1. The zero-order valence-corrected chi connectivity index (χ0v) is 4.74. The maximum atomic E-state index is 12.1. The Balaban J connectivity index is 2.99. The van der Waals surface area contributed by atoms with Gasteiger partial charge in [-0.2, -0.15) is 13.2 Å². The molecule has 0 radical (unpaired) electrons. The first-order valence-corrected chi connectivity index (χ1v) is 2.42. The molecule has 0 fully saturated rings. The van der Waals surface area contributed by atoms with Crippen molar-refractivity contribution in [2.24, 2.45) is 0 Å². The van der Waals surface area contributed by atoms with E-state index in [0.717, 1.165) is 0 Å². The van der Waals surface area contributed by atoms with Gasteiger partial charge in [-0.25, -0.2) is 4.98 Å². The second-order valence-corrected chi connectivity index (χ2v) is 1.51. The molecule has 0 aliphatic rings. The largest absolute Gasteiger partial charge is 0.343 e. The van der Waals surface area contributed by atoms with E-state index < -0.39 is 17.7 Å².